The summed E-state index contributed by atoms with van der Waals surface area (Å²) in [7, 11) is 1.57. The topological polar surface area (TPSA) is 87.0 Å². The average Bonchev–Trinajstić information content (AvgIpc) is 3.27. The Morgan fingerprint density at radius 3 is 2.45 bits per heavy atom. The third-order valence-corrected chi connectivity index (χ3v) is 4.19. The van der Waals surface area contributed by atoms with Crippen LogP contribution in [0.2, 0.25) is 0 Å². The van der Waals surface area contributed by atoms with Gasteiger partial charge in [-0.05, 0) is 55.0 Å². The number of ether oxygens (including phenoxy) is 3. The number of methoxy groups -OCH3 is 1. The van der Waals surface area contributed by atoms with E-state index in [1.807, 2.05) is 12.1 Å². The van der Waals surface area contributed by atoms with Crippen LogP contribution in [0, 0.1) is 0 Å². The van der Waals surface area contributed by atoms with E-state index in [4.69, 9.17) is 18.6 Å². The highest BCUT2D eigenvalue weighted by Gasteiger charge is 2.12. The van der Waals surface area contributed by atoms with Gasteiger partial charge in [0.25, 0.3) is 5.91 Å². The first-order valence-corrected chi connectivity index (χ1v) is 9.70. The molecule has 0 saturated heterocycles. The smallest absolute Gasteiger partial charge is 0.330 e. The number of benzene rings is 2. The van der Waals surface area contributed by atoms with Crippen molar-refractivity contribution in [2.45, 2.75) is 13.5 Å². The third-order valence-electron chi connectivity index (χ3n) is 4.19. The standard InChI is InChI=1S/C24H23NO6/c1-3-29-23(26)15-10-17-8-11-18(12-9-17)25-24(27)22-14-13-19(31-22)16-30-21-7-5-4-6-20(21)28-2/h4-15H,3,16H2,1-2H3,(H,25,27)/b15-10+. The van der Waals surface area contributed by atoms with Gasteiger partial charge in [-0.15, -0.1) is 0 Å². The van der Waals surface area contributed by atoms with Crippen molar-refractivity contribution in [1.82, 2.24) is 0 Å². The van der Waals surface area contributed by atoms with Gasteiger partial charge < -0.3 is 23.9 Å². The monoisotopic (exact) mass is 421 g/mol. The molecule has 0 radical (unpaired) electrons. The van der Waals surface area contributed by atoms with Crippen LogP contribution in [0.1, 0.15) is 28.8 Å². The van der Waals surface area contributed by atoms with E-state index in [2.05, 4.69) is 5.32 Å². The Labute approximate surface area is 180 Å². The summed E-state index contributed by atoms with van der Waals surface area (Å²) in [6.07, 6.45) is 3.00. The molecule has 1 amide bonds. The predicted octanol–water partition coefficient (Wildman–Crippen LogP) is 4.70. The molecule has 0 bridgehead atoms. The summed E-state index contributed by atoms with van der Waals surface area (Å²) in [5.41, 5.74) is 1.40. The van der Waals surface area contributed by atoms with Crippen LogP contribution in [0.5, 0.6) is 11.5 Å². The number of carbonyl (C=O) groups is 2. The van der Waals surface area contributed by atoms with Gasteiger partial charge in [0.1, 0.15) is 12.4 Å². The zero-order chi connectivity index (χ0) is 22.1. The number of hydrogen-bond acceptors (Lipinski definition) is 6. The van der Waals surface area contributed by atoms with Gasteiger partial charge in [0.05, 0.1) is 13.7 Å². The molecule has 3 rings (SSSR count). The van der Waals surface area contributed by atoms with Gasteiger partial charge in [0.2, 0.25) is 0 Å². The molecule has 1 N–H and O–H groups in total. The Morgan fingerprint density at radius 2 is 1.74 bits per heavy atom. The van der Waals surface area contributed by atoms with Crippen molar-refractivity contribution in [1.29, 1.82) is 0 Å². The first kappa shape index (κ1) is 21.7. The van der Waals surface area contributed by atoms with Crippen molar-refractivity contribution in [2.75, 3.05) is 19.0 Å². The van der Waals surface area contributed by atoms with Gasteiger partial charge in [-0.1, -0.05) is 24.3 Å². The molecule has 7 nitrogen and oxygen atoms in total. The Balaban J connectivity index is 1.55. The molecule has 2 aromatic carbocycles. The summed E-state index contributed by atoms with van der Waals surface area (Å²) in [5.74, 6) is 1.11. The fourth-order valence-electron chi connectivity index (χ4n) is 2.69. The number of amides is 1. The molecule has 31 heavy (non-hydrogen) atoms. The lowest BCUT2D eigenvalue weighted by molar-refractivity contribution is -0.137. The first-order chi connectivity index (χ1) is 15.1. The van der Waals surface area contributed by atoms with Crippen LogP contribution in [0.15, 0.2) is 71.2 Å². The summed E-state index contributed by atoms with van der Waals surface area (Å²) in [4.78, 5) is 23.8. The zero-order valence-corrected chi connectivity index (χ0v) is 17.3. The molecular weight excluding hydrogens is 398 g/mol. The van der Waals surface area contributed by atoms with Crippen LogP contribution in [0.4, 0.5) is 5.69 Å². The van der Waals surface area contributed by atoms with Crippen LogP contribution < -0.4 is 14.8 Å². The molecule has 160 valence electrons. The molecule has 0 aliphatic rings. The van der Waals surface area contributed by atoms with Crippen LogP contribution in [-0.2, 0) is 16.1 Å². The number of para-hydroxylation sites is 2. The summed E-state index contributed by atoms with van der Waals surface area (Å²) in [6, 6.07) is 17.6. The zero-order valence-electron chi connectivity index (χ0n) is 17.3. The molecule has 0 atom stereocenters. The molecule has 0 aliphatic heterocycles. The molecule has 0 spiro atoms. The van der Waals surface area contributed by atoms with E-state index < -0.39 is 5.97 Å². The lowest BCUT2D eigenvalue weighted by atomic mass is 10.2. The minimum Gasteiger partial charge on any atom is -0.493 e. The van der Waals surface area contributed by atoms with E-state index in [1.165, 1.54) is 6.08 Å². The third kappa shape index (κ3) is 6.24. The van der Waals surface area contributed by atoms with Gasteiger partial charge >= 0.3 is 5.97 Å². The van der Waals surface area contributed by atoms with Crippen molar-refractivity contribution < 1.29 is 28.2 Å². The number of rotatable bonds is 9. The summed E-state index contributed by atoms with van der Waals surface area (Å²) in [6.45, 7) is 2.24. The number of hydrogen-bond donors (Lipinski definition) is 1. The Hall–Kier alpha value is -4.00. The molecule has 1 aromatic heterocycles. The van der Waals surface area contributed by atoms with Gasteiger partial charge in [0, 0.05) is 11.8 Å². The summed E-state index contributed by atoms with van der Waals surface area (Å²) >= 11 is 0. The van der Waals surface area contributed by atoms with Crippen molar-refractivity contribution in [3.63, 3.8) is 0 Å². The Morgan fingerprint density at radius 1 is 1.00 bits per heavy atom. The minimum absolute atomic E-state index is 0.162. The van der Waals surface area contributed by atoms with Crippen molar-refractivity contribution in [3.05, 3.63) is 83.8 Å². The van der Waals surface area contributed by atoms with Crippen LogP contribution in [0.3, 0.4) is 0 Å². The van der Waals surface area contributed by atoms with Gasteiger partial charge in [-0.25, -0.2) is 4.79 Å². The maximum atomic E-state index is 12.4. The second kappa shape index (κ2) is 10.7. The van der Waals surface area contributed by atoms with Crippen molar-refractivity contribution >= 4 is 23.6 Å². The Bertz CT molecular complexity index is 1050. The molecule has 7 heteroatoms. The number of carbonyl (C=O) groups excluding carboxylic acids is 2. The number of anilines is 1. The fraction of sp³-hybridized carbons (Fsp3) is 0.167. The molecule has 0 unspecified atom stereocenters. The molecule has 0 aliphatic carbocycles. The quantitative estimate of drug-likeness (QED) is 0.398. The maximum Gasteiger partial charge on any atom is 0.330 e. The van der Waals surface area contributed by atoms with E-state index in [9.17, 15) is 9.59 Å². The van der Waals surface area contributed by atoms with Gasteiger partial charge in [-0.2, -0.15) is 0 Å². The molecule has 3 aromatic rings. The van der Waals surface area contributed by atoms with E-state index in [1.54, 1.807) is 68.6 Å². The molecule has 0 saturated carbocycles. The van der Waals surface area contributed by atoms with Crippen molar-refractivity contribution in [3.8, 4) is 11.5 Å². The van der Waals surface area contributed by atoms with Crippen LogP contribution in [0.25, 0.3) is 6.08 Å². The van der Waals surface area contributed by atoms with Crippen molar-refractivity contribution in [2.24, 2.45) is 0 Å². The number of esters is 1. The van der Waals surface area contributed by atoms with E-state index in [0.717, 1.165) is 5.56 Å². The van der Waals surface area contributed by atoms with Gasteiger partial charge in [-0.3, -0.25) is 4.79 Å². The predicted molar refractivity (Wildman–Crippen MR) is 116 cm³/mol. The summed E-state index contributed by atoms with van der Waals surface area (Å²) < 4.78 is 21.4. The molecular formula is C24H23NO6. The fourth-order valence-corrected chi connectivity index (χ4v) is 2.69. The van der Waals surface area contributed by atoms with Crippen LogP contribution in [-0.4, -0.2) is 25.6 Å². The molecule has 1 heterocycles. The van der Waals surface area contributed by atoms with E-state index >= 15 is 0 Å². The average molecular weight is 421 g/mol. The van der Waals surface area contributed by atoms with Gasteiger partial charge in [0.15, 0.2) is 17.3 Å². The van der Waals surface area contributed by atoms with Crippen LogP contribution >= 0.6 is 0 Å². The normalized spacial score (nSPS) is 10.6. The lowest BCUT2D eigenvalue weighted by Crippen LogP contribution is -2.10. The van der Waals surface area contributed by atoms with E-state index in [0.29, 0.717) is 29.6 Å². The van der Waals surface area contributed by atoms with E-state index in [-0.39, 0.29) is 18.3 Å². The SMILES string of the molecule is CCOC(=O)/C=C/c1ccc(NC(=O)c2ccc(COc3ccccc3OC)o2)cc1. The highest BCUT2D eigenvalue weighted by Crippen LogP contribution is 2.27. The number of furan rings is 1. The lowest BCUT2D eigenvalue weighted by Gasteiger charge is -2.08. The second-order valence-electron chi connectivity index (χ2n) is 6.37. The highest BCUT2D eigenvalue weighted by atomic mass is 16.5. The summed E-state index contributed by atoms with van der Waals surface area (Å²) in [5, 5.41) is 2.77. The highest BCUT2D eigenvalue weighted by molar-refractivity contribution is 6.02. The largest absolute Gasteiger partial charge is 0.493 e. The second-order valence-corrected chi connectivity index (χ2v) is 6.37. The minimum atomic E-state index is -0.400. The first-order valence-electron chi connectivity index (χ1n) is 9.70. The Kier molecular flexibility index (Phi) is 7.48. The molecule has 0 fully saturated rings. The maximum absolute atomic E-state index is 12.4. The number of nitrogens with one attached hydrogen (secondary N) is 1.